The molecule has 0 radical (unpaired) electrons. The summed E-state index contributed by atoms with van der Waals surface area (Å²) >= 11 is 0. The average molecular weight is 475 g/mol. The summed E-state index contributed by atoms with van der Waals surface area (Å²) < 4.78 is 16.1. The van der Waals surface area contributed by atoms with Crippen molar-refractivity contribution in [2.75, 3.05) is 24.6 Å². The maximum Gasteiger partial charge on any atom is 0.414 e. The van der Waals surface area contributed by atoms with Gasteiger partial charge in [0, 0.05) is 12.6 Å². The van der Waals surface area contributed by atoms with Crippen molar-refractivity contribution in [2.45, 2.75) is 19.6 Å². The number of carbonyl (C=O) groups excluding carboxylic acids is 3. The Morgan fingerprint density at radius 2 is 1.63 bits per heavy atom. The van der Waals surface area contributed by atoms with Crippen LogP contribution in [0.4, 0.5) is 10.5 Å². The summed E-state index contributed by atoms with van der Waals surface area (Å²) in [5, 5.41) is 2.66. The molecule has 3 aromatic carbocycles. The van der Waals surface area contributed by atoms with Gasteiger partial charge in [-0.25, -0.2) is 9.59 Å². The number of benzene rings is 3. The Morgan fingerprint density at radius 3 is 2.29 bits per heavy atom. The quantitative estimate of drug-likeness (QED) is 0.472. The number of ether oxygens (including phenoxy) is 3. The smallest absolute Gasteiger partial charge is 0.414 e. The number of rotatable bonds is 9. The number of carbonyl (C=O) groups is 3. The Morgan fingerprint density at radius 1 is 0.971 bits per heavy atom. The van der Waals surface area contributed by atoms with E-state index in [9.17, 15) is 14.4 Å². The molecule has 1 aliphatic rings. The normalized spacial score (nSPS) is 14.8. The number of nitrogens with zero attached hydrogens (tertiary/aromatic N) is 1. The summed E-state index contributed by atoms with van der Waals surface area (Å²) in [5.41, 5.74) is 3.56. The minimum atomic E-state index is -0.437. The maximum atomic E-state index is 12.2. The molecule has 2 amide bonds. The molecule has 1 heterocycles. The van der Waals surface area contributed by atoms with Crippen LogP contribution in [-0.2, 0) is 25.7 Å². The standard InChI is InChI=1S/C27H26N2O6/c1-19(30)28-15-25-16-29(27(32)35-25)23-11-7-21(8-12-23)22-9-13-24(14-10-22)33-18-26(31)34-17-20-5-3-2-4-6-20/h2-14,25H,15-18H2,1H3,(H,28,30). The number of hydrogen-bond acceptors (Lipinski definition) is 6. The predicted molar refractivity (Wildman–Crippen MR) is 130 cm³/mol. The molecule has 0 bridgehead atoms. The number of hydrogen-bond donors (Lipinski definition) is 1. The van der Waals surface area contributed by atoms with Crippen LogP contribution in [0, 0.1) is 0 Å². The van der Waals surface area contributed by atoms with Crippen LogP contribution in [0.1, 0.15) is 12.5 Å². The van der Waals surface area contributed by atoms with Crippen LogP contribution in [-0.4, -0.2) is 43.8 Å². The van der Waals surface area contributed by atoms with E-state index in [4.69, 9.17) is 14.2 Å². The number of anilines is 1. The van der Waals surface area contributed by atoms with E-state index in [-0.39, 0.29) is 31.8 Å². The molecule has 8 heteroatoms. The molecule has 1 N–H and O–H groups in total. The fourth-order valence-corrected chi connectivity index (χ4v) is 3.60. The molecular formula is C27H26N2O6. The van der Waals surface area contributed by atoms with Gasteiger partial charge in [-0.1, -0.05) is 54.6 Å². The first kappa shape index (κ1) is 23.8. The van der Waals surface area contributed by atoms with E-state index in [0.717, 1.165) is 22.4 Å². The molecule has 0 aromatic heterocycles. The van der Waals surface area contributed by atoms with E-state index in [2.05, 4.69) is 5.32 Å². The lowest BCUT2D eigenvalue weighted by atomic mass is 10.1. The molecular weight excluding hydrogens is 448 g/mol. The zero-order chi connectivity index (χ0) is 24.6. The van der Waals surface area contributed by atoms with Crippen LogP contribution < -0.4 is 15.0 Å². The molecule has 1 atom stereocenters. The second-order valence-corrected chi connectivity index (χ2v) is 8.06. The molecule has 0 aliphatic carbocycles. The van der Waals surface area contributed by atoms with Crippen LogP contribution in [0.2, 0.25) is 0 Å². The first-order valence-electron chi connectivity index (χ1n) is 11.2. The highest BCUT2D eigenvalue weighted by Gasteiger charge is 2.32. The van der Waals surface area contributed by atoms with Crippen LogP contribution in [0.25, 0.3) is 11.1 Å². The molecule has 3 aromatic rings. The van der Waals surface area contributed by atoms with Gasteiger partial charge in [0.25, 0.3) is 0 Å². The second-order valence-electron chi connectivity index (χ2n) is 8.06. The third-order valence-corrected chi connectivity index (χ3v) is 5.42. The number of cyclic esters (lactones) is 1. The SMILES string of the molecule is CC(=O)NCC1CN(c2ccc(-c3ccc(OCC(=O)OCc4ccccc4)cc3)cc2)C(=O)O1. The van der Waals surface area contributed by atoms with E-state index in [1.807, 2.05) is 66.7 Å². The van der Waals surface area contributed by atoms with Gasteiger partial charge < -0.3 is 19.5 Å². The van der Waals surface area contributed by atoms with Crippen molar-refractivity contribution in [3.8, 4) is 16.9 Å². The summed E-state index contributed by atoms with van der Waals surface area (Å²) in [4.78, 5) is 36.7. The van der Waals surface area contributed by atoms with Gasteiger partial charge >= 0.3 is 12.1 Å². The third-order valence-electron chi connectivity index (χ3n) is 5.42. The van der Waals surface area contributed by atoms with Gasteiger partial charge in [0.1, 0.15) is 18.5 Å². The van der Waals surface area contributed by atoms with Crippen molar-refractivity contribution >= 4 is 23.7 Å². The minimum absolute atomic E-state index is 0.164. The zero-order valence-corrected chi connectivity index (χ0v) is 19.3. The van der Waals surface area contributed by atoms with Gasteiger partial charge in [-0.3, -0.25) is 9.69 Å². The highest BCUT2D eigenvalue weighted by atomic mass is 16.6. The lowest BCUT2D eigenvalue weighted by molar-refractivity contribution is -0.147. The van der Waals surface area contributed by atoms with Crippen LogP contribution >= 0.6 is 0 Å². The summed E-state index contributed by atoms with van der Waals surface area (Å²) in [5.74, 6) is -0.0383. The molecule has 180 valence electrons. The largest absolute Gasteiger partial charge is 0.482 e. The van der Waals surface area contributed by atoms with Gasteiger partial charge in [-0.05, 0) is 41.0 Å². The van der Waals surface area contributed by atoms with Crippen molar-refractivity contribution in [3.05, 3.63) is 84.4 Å². The summed E-state index contributed by atoms with van der Waals surface area (Å²) in [6.45, 7) is 2.12. The summed E-state index contributed by atoms with van der Waals surface area (Å²) in [6.07, 6.45) is -0.814. The fraction of sp³-hybridized carbons (Fsp3) is 0.222. The monoisotopic (exact) mass is 474 g/mol. The van der Waals surface area contributed by atoms with Gasteiger partial charge in [0.2, 0.25) is 5.91 Å². The molecule has 1 fully saturated rings. The van der Waals surface area contributed by atoms with Gasteiger partial charge in [0.15, 0.2) is 6.61 Å². The topological polar surface area (TPSA) is 94.2 Å². The van der Waals surface area contributed by atoms with E-state index < -0.39 is 12.1 Å². The maximum absolute atomic E-state index is 12.2. The van der Waals surface area contributed by atoms with Crippen molar-refractivity contribution in [1.29, 1.82) is 0 Å². The van der Waals surface area contributed by atoms with Gasteiger partial charge in [0.05, 0.1) is 13.1 Å². The Kier molecular flexibility index (Phi) is 7.62. The summed E-state index contributed by atoms with van der Waals surface area (Å²) in [7, 11) is 0. The van der Waals surface area contributed by atoms with E-state index in [1.54, 1.807) is 17.0 Å². The molecule has 35 heavy (non-hydrogen) atoms. The number of esters is 1. The number of nitrogens with one attached hydrogen (secondary N) is 1. The highest BCUT2D eigenvalue weighted by molar-refractivity contribution is 5.90. The average Bonchev–Trinajstić information content (AvgIpc) is 3.26. The molecule has 1 aliphatic heterocycles. The molecule has 0 spiro atoms. The third kappa shape index (κ3) is 6.60. The molecule has 8 nitrogen and oxygen atoms in total. The number of amides is 2. The van der Waals surface area contributed by atoms with Crippen molar-refractivity contribution in [3.63, 3.8) is 0 Å². The van der Waals surface area contributed by atoms with E-state index in [1.165, 1.54) is 6.92 Å². The van der Waals surface area contributed by atoms with E-state index in [0.29, 0.717) is 12.3 Å². The molecule has 0 saturated carbocycles. The minimum Gasteiger partial charge on any atom is -0.482 e. The fourth-order valence-electron chi connectivity index (χ4n) is 3.60. The first-order chi connectivity index (χ1) is 17.0. The Balaban J connectivity index is 1.28. The van der Waals surface area contributed by atoms with Gasteiger partial charge in [-0.15, -0.1) is 0 Å². The van der Waals surface area contributed by atoms with Crippen molar-refractivity contribution < 1.29 is 28.6 Å². The van der Waals surface area contributed by atoms with Crippen molar-refractivity contribution in [1.82, 2.24) is 5.32 Å². The van der Waals surface area contributed by atoms with Crippen LogP contribution in [0.5, 0.6) is 5.75 Å². The molecule has 4 rings (SSSR count). The zero-order valence-electron chi connectivity index (χ0n) is 19.3. The molecule has 1 unspecified atom stereocenters. The lowest BCUT2D eigenvalue weighted by Gasteiger charge is -2.14. The van der Waals surface area contributed by atoms with Crippen LogP contribution in [0.3, 0.4) is 0 Å². The Hall–Kier alpha value is -4.33. The van der Waals surface area contributed by atoms with Gasteiger partial charge in [-0.2, -0.15) is 0 Å². The lowest BCUT2D eigenvalue weighted by Crippen LogP contribution is -2.33. The Bertz CT molecular complexity index is 1160. The predicted octanol–water partition coefficient (Wildman–Crippen LogP) is 3.94. The van der Waals surface area contributed by atoms with Crippen LogP contribution in [0.15, 0.2) is 78.9 Å². The van der Waals surface area contributed by atoms with E-state index >= 15 is 0 Å². The second kappa shape index (κ2) is 11.2. The molecule has 1 saturated heterocycles. The first-order valence-corrected chi connectivity index (χ1v) is 11.2. The van der Waals surface area contributed by atoms with Crippen molar-refractivity contribution in [2.24, 2.45) is 0 Å². The summed E-state index contributed by atoms with van der Waals surface area (Å²) in [6, 6.07) is 24.4. The Labute approximate surface area is 203 Å². The highest BCUT2D eigenvalue weighted by Crippen LogP contribution is 2.27.